The molecule has 0 aliphatic carbocycles. The van der Waals surface area contributed by atoms with E-state index in [4.69, 9.17) is 11.6 Å². The van der Waals surface area contributed by atoms with Gasteiger partial charge in [-0.05, 0) is 18.2 Å². The van der Waals surface area contributed by atoms with E-state index in [0.717, 1.165) is 0 Å². The van der Waals surface area contributed by atoms with E-state index < -0.39 is 0 Å². The first-order valence-electron chi connectivity index (χ1n) is 5.34. The van der Waals surface area contributed by atoms with Crippen molar-refractivity contribution in [3.05, 3.63) is 53.2 Å². The van der Waals surface area contributed by atoms with E-state index in [2.05, 4.69) is 10.3 Å². The maximum absolute atomic E-state index is 11.8. The molecule has 4 nitrogen and oxygen atoms in total. The number of amides is 1. The Kier molecular flexibility index (Phi) is 3.79. The molecule has 0 aliphatic heterocycles. The highest BCUT2D eigenvalue weighted by molar-refractivity contribution is 6.33. The lowest BCUT2D eigenvalue weighted by Gasteiger charge is -2.06. The van der Waals surface area contributed by atoms with Crippen LogP contribution in [0, 0.1) is 0 Å². The Bertz CT molecular complexity index is 523. The quantitative estimate of drug-likeness (QED) is 0.894. The fourth-order valence-corrected chi connectivity index (χ4v) is 1.66. The van der Waals surface area contributed by atoms with Crippen molar-refractivity contribution < 1.29 is 9.90 Å². The van der Waals surface area contributed by atoms with Crippen LogP contribution in [0.4, 0.5) is 5.82 Å². The fourth-order valence-electron chi connectivity index (χ4n) is 1.49. The van der Waals surface area contributed by atoms with Crippen molar-refractivity contribution >= 4 is 23.3 Å². The number of para-hydroxylation sites is 1. The van der Waals surface area contributed by atoms with Crippen LogP contribution in [-0.4, -0.2) is 16.0 Å². The summed E-state index contributed by atoms with van der Waals surface area (Å²) in [6.45, 7) is 0. The number of anilines is 1. The average Bonchev–Trinajstić information content (AvgIpc) is 2.35. The minimum absolute atomic E-state index is 0.0690. The normalized spacial score (nSPS) is 10.1. The van der Waals surface area contributed by atoms with E-state index in [9.17, 15) is 9.90 Å². The number of hydrogen-bond donors (Lipinski definition) is 2. The highest BCUT2D eigenvalue weighted by Crippen LogP contribution is 2.19. The molecule has 1 heterocycles. The predicted molar refractivity (Wildman–Crippen MR) is 69.7 cm³/mol. The van der Waals surface area contributed by atoms with Gasteiger partial charge < -0.3 is 10.4 Å². The number of aromatic hydroxyl groups is 1. The molecule has 2 N–H and O–H groups in total. The van der Waals surface area contributed by atoms with E-state index in [1.807, 2.05) is 0 Å². The molecule has 0 saturated heterocycles. The fraction of sp³-hybridized carbons (Fsp3) is 0.0769. The lowest BCUT2D eigenvalue weighted by Crippen LogP contribution is -2.15. The molecule has 0 fully saturated rings. The lowest BCUT2D eigenvalue weighted by atomic mass is 10.1. The van der Waals surface area contributed by atoms with Gasteiger partial charge in [-0.15, -0.1) is 0 Å². The van der Waals surface area contributed by atoms with E-state index in [1.54, 1.807) is 36.5 Å². The van der Waals surface area contributed by atoms with Gasteiger partial charge in [-0.1, -0.05) is 29.8 Å². The largest absolute Gasteiger partial charge is 0.508 e. The van der Waals surface area contributed by atoms with Gasteiger partial charge in [0.05, 0.1) is 11.4 Å². The highest BCUT2D eigenvalue weighted by atomic mass is 35.5. The number of phenolic OH excluding ortho intramolecular Hbond substituents is 1. The smallest absolute Gasteiger partial charge is 0.230 e. The van der Waals surface area contributed by atoms with Crippen LogP contribution in [0.2, 0.25) is 5.02 Å². The molecule has 0 unspecified atom stereocenters. The molecule has 2 rings (SSSR count). The molecule has 1 aromatic carbocycles. The van der Waals surface area contributed by atoms with Crippen molar-refractivity contribution in [2.45, 2.75) is 6.42 Å². The second-order valence-corrected chi connectivity index (χ2v) is 4.09. The summed E-state index contributed by atoms with van der Waals surface area (Å²) in [6, 6.07) is 10.0. The standard InChI is InChI=1S/C13H11ClN2O2/c14-10-5-3-7-15-13(10)16-12(18)8-9-4-1-2-6-11(9)17/h1-7,17H,8H2,(H,15,16,18). The third-order valence-corrected chi connectivity index (χ3v) is 2.66. The third-order valence-electron chi connectivity index (χ3n) is 2.36. The first kappa shape index (κ1) is 12.4. The van der Waals surface area contributed by atoms with Gasteiger partial charge in [0.25, 0.3) is 0 Å². The van der Waals surface area contributed by atoms with Crippen LogP contribution < -0.4 is 5.32 Å². The summed E-state index contributed by atoms with van der Waals surface area (Å²) in [4.78, 5) is 15.7. The molecule has 0 aliphatic rings. The van der Waals surface area contributed by atoms with E-state index in [1.165, 1.54) is 6.07 Å². The Morgan fingerprint density at radius 3 is 2.78 bits per heavy atom. The van der Waals surface area contributed by atoms with Crippen LogP contribution in [0.5, 0.6) is 5.75 Å². The lowest BCUT2D eigenvalue weighted by molar-refractivity contribution is -0.115. The van der Waals surface area contributed by atoms with Gasteiger partial charge in [-0.3, -0.25) is 4.79 Å². The molecule has 18 heavy (non-hydrogen) atoms. The van der Waals surface area contributed by atoms with Crippen molar-refractivity contribution in [2.24, 2.45) is 0 Å². The number of pyridine rings is 1. The van der Waals surface area contributed by atoms with Gasteiger partial charge in [0, 0.05) is 11.8 Å². The topological polar surface area (TPSA) is 62.2 Å². The summed E-state index contributed by atoms with van der Waals surface area (Å²) in [5.41, 5.74) is 0.557. The number of carbonyl (C=O) groups is 1. The van der Waals surface area contributed by atoms with Gasteiger partial charge in [0.15, 0.2) is 5.82 Å². The second kappa shape index (κ2) is 5.51. The van der Waals surface area contributed by atoms with Crippen LogP contribution in [0.1, 0.15) is 5.56 Å². The molecule has 0 radical (unpaired) electrons. The maximum atomic E-state index is 11.8. The van der Waals surface area contributed by atoms with Crippen molar-refractivity contribution in [1.82, 2.24) is 4.98 Å². The summed E-state index contributed by atoms with van der Waals surface area (Å²) in [7, 11) is 0. The number of nitrogens with one attached hydrogen (secondary N) is 1. The van der Waals surface area contributed by atoms with Gasteiger partial charge >= 0.3 is 0 Å². The summed E-state index contributed by atoms with van der Waals surface area (Å²) >= 11 is 5.88. The number of halogens is 1. The molecule has 0 bridgehead atoms. The van der Waals surface area contributed by atoms with Crippen molar-refractivity contribution in [3.8, 4) is 5.75 Å². The molecule has 1 aromatic heterocycles. The molecule has 2 aromatic rings. The molecule has 0 saturated carbocycles. The zero-order valence-electron chi connectivity index (χ0n) is 9.43. The minimum Gasteiger partial charge on any atom is -0.508 e. The molecular formula is C13H11ClN2O2. The number of aromatic nitrogens is 1. The number of nitrogens with zero attached hydrogens (tertiary/aromatic N) is 1. The molecular weight excluding hydrogens is 252 g/mol. The SMILES string of the molecule is O=C(Cc1ccccc1O)Nc1ncccc1Cl. The van der Waals surface area contributed by atoms with Crippen LogP contribution in [0.3, 0.4) is 0 Å². The van der Waals surface area contributed by atoms with Gasteiger partial charge in [-0.2, -0.15) is 0 Å². The highest BCUT2D eigenvalue weighted by Gasteiger charge is 2.09. The van der Waals surface area contributed by atoms with Gasteiger partial charge in [-0.25, -0.2) is 4.98 Å². The number of benzene rings is 1. The summed E-state index contributed by atoms with van der Waals surface area (Å²) in [6.07, 6.45) is 1.61. The van der Waals surface area contributed by atoms with Crippen molar-refractivity contribution in [3.63, 3.8) is 0 Å². The maximum Gasteiger partial charge on any atom is 0.230 e. The average molecular weight is 263 g/mol. The van der Waals surface area contributed by atoms with Crippen molar-refractivity contribution in [2.75, 3.05) is 5.32 Å². The van der Waals surface area contributed by atoms with Gasteiger partial charge in [0.2, 0.25) is 5.91 Å². The summed E-state index contributed by atoms with van der Waals surface area (Å²) in [5, 5.41) is 12.5. The molecule has 0 atom stereocenters. The van der Waals surface area contributed by atoms with E-state index >= 15 is 0 Å². The number of phenols is 1. The summed E-state index contributed by atoms with van der Waals surface area (Å²) in [5.74, 6) is 0.136. The Morgan fingerprint density at radius 2 is 2.06 bits per heavy atom. The molecule has 0 spiro atoms. The van der Waals surface area contributed by atoms with Crippen LogP contribution >= 0.6 is 11.6 Å². The van der Waals surface area contributed by atoms with E-state index in [0.29, 0.717) is 16.4 Å². The molecule has 1 amide bonds. The third kappa shape index (κ3) is 2.99. The molecule has 5 heteroatoms. The first-order valence-corrected chi connectivity index (χ1v) is 5.72. The predicted octanol–water partition coefficient (Wildman–Crippen LogP) is 2.62. The van der Waals surface area contributed by atoms with Crippen LogP contribution in [-0.2, 0) is 11.2 Å². The Labute approximate surface area is 109 Å². The van der Waals surface area contributed by atoms with Gasteiger partial charge in [0.1, 0.15) is 5.75 Å². The van der Waals surface area contributed by atoms with E-state index in [-0.39, 0.29) is 18.1 Å². The number of rotatable bonds is 3. The Morgan fingerprint density at radius 1 is 1.28 bits per heavy atom. The zero-order valence-corrected chi connectivity index (χ0v) is 10.2. The minimum atomic E-state index is -0.280. The Balaban J connectivity index is 2.06. The van der Waals surface area contributed by atoms with Crippen LogP contribution in [0.15, 0.2) is 42.6 Å². The first-order chi connectivity index (χ1) is 8.66. The number of hydrogen-bond acceptors (Lipinski definition) is 3. The van der Waals surface area contributed by atoms with Crippen molar-refractivity contribution in [1.29, 1.82) is 0 Å². The Hall–Kier alpha value is -2.07. The monoisotopic (exact) mass is 262 g/mol. The summed E-state index contributed by atoms with van der Waals surface area (Å²) < 4.78 is 0. The molecule has 92 valence electrons. The second-order valence-electron chi connectivity index (χ2n) is 3.69. The van der Waals surface area contributed by atoms with Crippen LogP contribution in [0.25, 0.3) is 0 Å². The number of carbonyl (C=O) groups excluding carboxylic acids is 1. The zero-order chi connectivity index (χ0) is 13.0.